The zero-order valence-electron chi connectivity index (χ0n) is 17.4. The highest BCUT2D eigenvalue weighted by molar-refractivity contribution is 5.89. The first-order chi connectivity index (χ1) is 15.0. The highest BCUT2D eigenvalue weighted by Gasteiger charge is 2.17. The molecule has 1 fully saturated rings. The van der Waals surface area contributed by atoms with Crippen LogP contribution >= 0.6 is 0 Å². The van der Waals surface area contributed by atoms with Crippen LogP contribution in [0.4, 0.5) is 19.3 Å². The van der Waals surface area contributed by atoms with Crippen LogP contribution in [0.3, 0.4) is 0 Å². The molecule has 3 N–H and O–H groups in total. The molecule has 0 spiro atoms. The smallest absolute Gasteiger partial charge is 0.387 e. The van der Waals surface area contributed by atoms with Gasteiger partial charge in [-0.3, -0.25) is 4.99 Å². The van der Waals surface area contributed by atoms with Gasteiger partial charge in [0.1, 0.15) is 5.75 Å². The number of halogens is 2. The number of guanidine groups is 1. The first-order valence-electron chi connectivity index (χ1n) is 10.2. The first-order valence-corrected chi connectivity index (χ1v) is 10.2. The predicted octanol–water partition coefficient (Wildman–Crippen LogP) is 3.78. The Bertz CT molecular complexity index is 901. The van der Waals surface area contributed by atoms with Crippen molar-refractivity contribution in [3.8, 4) is 5.75 Å². The predicted molar refractivity (Wildman–Crippen MR) is 116 cm³/mol. The number of para-hydroxylation sites is 1. The molecular weight excluding hydrogens is 404 g/mol. The Labute approximate surface area is 180 Å². The number of benzene rings is 2. The van der Waals surface area contributed by atoms with Gasteiger partial charge in [0, 0.05) is 44.5 Å². The van der Waals surface area contributed by atoms with E-state index in [4.69, 9.17) is 0 Å². The Morgan fingerprint density at radius 3 is 2.58 bits per heavy atom. The topological polar surface area (TPSA) is 78.0 Å². The monoisotopic (exact) mass is 431 g/mol. The maximum Gasteiger partial charge on any atom is 0.387 e. The summed E-state index contributed by atoms with van der Waals surface area (Å²) in [4.78, 5) is 18.2. The van der Waals surface area contributed by atoms with Crippen LogP contribution in [0.15, 0.2) is 53.5 Å². The van der Waals surface area contributed by atoms with E-state index in [0.717, 1.165) is 37.2 Å². The lowest BCUT2D eigenvalue weighted by Crippen LogP contribution is -2.36. The molecule has 1 heterocycles. The van der Waals surface area contributed by atoms with Crippen molar-refractivity contribution in [2.24, 2.45) is 4.99 Å². The molecule has 3 rings (SSSR count). The summed E-state index contributed by atoms with van der Waals surface area (Å²) in [6, 6.07) is 14.1. The van der Waals surface area contributed by atoms with Gasteiger partial charge in [0.2, 0.25) is 0 Å². The van der Waals surface area contributed by atoms with Crippen molar-refractivity contribution in [3.63, 3.8) is 0 Å². The summed E-state index contributed by atoms with van der Waals surface area (Å²) < 4.78 is 29.7. The number of alkyl halides is 2. The number of hydrogen-bond acceptors (Lipinski definition) is 3. The number of carbonyl (C=O) groups excluding carboxylic acids is 1. The molecule has 7 nitrogen and oxygen atoms in total. The summed E-state index contributed by atoms with van der Waals surface area (Å²) >= 11 is 0. The van der Waals surface area contributed by atoms with Gasteiger partial charge in [0.25, 0.3) is 0 Å². The minimum atomic E-state index is -2.88. The van der Waals surface area contributed by atoms with Crippen LogP contribution in [0, 0.1) is 0 Å². The standard InChI is InChI=1S/C22H27F2N5O2/c1-25-21(27-15-17-8-2-3-10-19(17)31-20(23)24)26-14-16-7-6-9-18(13-16)28-22(30)29-11-4-5-12-29/h2-3,6-10,13,20H,4-5,11-12,14-15H2,1H3,(H,28,30)(H2,25,26,27). The number of likely N-dealkylation sites (tertiary alicyclic amines) is 1. The number of hydrogen-bond donors (Lipinski definition) is 3. The molecule has 31 heavy (non-hydrogen) atoms. The third kappa shape index (κ3) is 6.84. The van der Waals surface area contributed by atoms with Crippen molar-refractivity contribution in [1.82, 2.24) is 15.5 Å². The van der Waals surface area contributed by atoms with E-state index in [1.165, 1.54) is 6.07 Å². The van der Waals surface area contributed by atoms with Gasteiger partial charge in [0.05, 0.1) is 0 Å². The van der Waals surface area contributed by atoms with Gasteiger partial charge in [-0.1, -0.05) is 30.3 Å². The molecule has 9 heteroatoms. The lowest BCUT2D eigenvalue weighted by molar-refractivity contribution is -0.0504. The minimum absolute atomic E-state index is 0.0789. The highest BCUT2D eigenvalue weighted by atomic mass is 19.3. The molecule has 2 aromatic carbocycles. The second kappa shape index (κ2) is 11.1. The summed E-state index contributed by atoms with van der Waals surface area (Å²) in [6.07, 6.45) is 2.09. The fourth-order valence-electron chi connectivity index (χ4n) is 3.33. The molecule has 166 valence electrons. The largest absolute Gasteiger partial charge is 0.434 e. The van der Waals surface area contributed by atoms with Crippen LogP contribution < -0.4 is 20.7 Å². The summed E-state index contributed by atoms with van der Waals surface area (Å²) in [7, 11) is 1.63. The van der Waals surface area contributed by atoms with Crippen LogP contribution in [0.5, 0.6) is 5.75 Å². The molecule has 0 bridgehead atoms. The molecule has 1 saturated heterocycles. The van der Waals surface area contributed by atoms with Gasteiger partial charge in [-0.25, -0.2) is 4.79 Å². The molecule has 2 aromatic rings. The Balaban J connectivity index is 1.52. The number of amides is 2. The number of aliphatic imine (C=N–C) groups is 1. The summed E-state index contributed by atoms with van der Waals surface area (Å²) in [5, 5.41) is 9.20. The number of carbonyl (C=O) groups is 1. The average Bonchev–Trinajstić information content (AvgIpc) is 3.30. The zero-order valence-corrected chi connectivity index (χ0v) is 17.4. The lowest BCUT2D eigenvalue weighted by atomic mass is 10.2. The van der Waals surface area contributed by atoms with E-state index >= 15 is 0 Å². The van der Waals surface area contributed by atoms with Crippen molar-refractivity contribution in [2.75, 3.05) is 25.5 Å². The molecule has 2 amide bonds. The van der Waals surface area contributed by atoms with Crippen LogP contribution in [0.1, 0.15) is 24.0 Å². The Kier molecular flexibility index (Phi) is 8.03. The Hall–Kier alpha value is -3.36. The van der Waals surface area contributed by atoms with E-state index in [9.17, 15) is 13.6 Å². The minimum Gasteiger partial charge on any atom is -0.434 e. The quantitative estimate of drug-likeness (QED) is 0.461. The van der Waals surface area contributed by atoms with Gasteiger partial charge < -0.3 is 25.6 Å². The van der Waals surface area contributed by atoms with Gasteiger partial charge >= 0.3 is 12.6 Å². The Morgan fingerprint density at radius 1 is 1.10 bits per heavy atom. The zero-order chi connectivity index (χ0) is 22.1. The maximum absolute atomic E-state index is 12.6. The molecule has 0 saturated carbocycles. The number of anilines is 1. The van der Waals surface area contributed by atoms with Crippen molar-refractivity contribution >= 4 is 17.7 Å². The van der Waals surface area contributed by atoms with Crippen LogP contribution in [0.25, 0.3) is 0 Å². The lowest BCUT2D eigenvalue weighted by Gasteiger charge is -2.17. The molecule has 0 atom stereocenters. The molecule has 0 unspecified atom stereocenters. The van der Waals surface area contributed by atoms with Crippen molar-refractivity contribution in [1.29, 1.82) is 0 Å². The van der Waals surface area contributed by atoms with E-state index in [2.05, 4.69) is 25.7 Å². The third-order valence-electron chi connectivity index (χ3n) is 4.89. The number of urea groups is 1. The third-order valence-corrected chi connectivity index (χ3v) is 4.89. The average molecular weight is 431 g/mol. The number of nitrogens with one attached hydrogen (secondary N) is 3. The molecule has 0 aromatic heterocycles. The van der Waals surface area contributed by atoms with Gasteiger partial charge in [-0.05, 0) is 36.6 Å². The Morgan fingerprint density at radius 2 is 1.84 bits per heavy atom. The fourth-order valence-corrected chi connectivity index (χ4v) is 3.33. The first kappa shape index (κ1) is 22.3. The summed E-state index contributed by atoms with van der Waals surface area (Å²) in [5.74, 6) is 0.639. The molecular formula is C22H27F2N5O2. The number of ether oxygens (including phenoxy) is 1. The van der Waals surface area contributed by atoms with Crippen LogP contribution in [0.2, 0.25) is 0 Å². The maximum atomic E-state index is 12.6. The van der Waals surface area contributed by atoms with Crippen molar-refractivity contribution < 1.29 is 18.3 Å². The van der Waals surface area contributed by atoms with Gasteiger partial charge in [-0.2, -0.15) is 8.78 Å². The van der Waals surface area contributed by atoms with Gasteiger partial charge in [0.15, 0.2) is 5.96 Å². The number of rotatable bonds is 7. The van der Waals surface area contributed by atoms with Crippen LogP contribution in [-0.4, -0.2) is 43.6 Å². The van der Waals surface area contributed by atoms with Crippen LogP contribution in [-0.2, 0) is 13.1 Å². The number of nitrogens with zero attached hydrogens (tertiary/aromatic N) is 2. The molecule has 1 aliphatic heterocycles. The van der Waals surface area contributed by atoms with E-state index < -0.39 is 6.61 Å². The van der Waals surface area contributed by atoms with E-state index in [1.54, 1.807) is 25.2 Å². The second-order valence-corrected chi connectivity index (χ2v) is 7.09. The van der Waals surface area contributed by atoms with E-state index in [1.807, 2.05) is 29.2 Å². The highest BCUT2D eigenvalue weighted by Crippen LogP contribution is 2.20. The molecule has 0 radical (unpaired) electrons. The van der Waals surface area contributed by atoms with E-state index in [-0.39, 0.29) is 18.3 Å². The summed E-state index contributed by atoms with van der Waals surface area (Å²) in [5.41, 5.74) is 2.29. The normalized spacial score (nSPS) is 13.9. The van der Waals surface area contributed by atoms with Gasteiger partial charge in [-0.15, -0.1) is 0 Å². The van der Waals surface area contributed by atoms with Crippen molar-refractivity contribution in [3.05, 3.63) is 59.7 Å². The SMILES string of the molecule is CN=C(NCc1cccc(NC(=O)N2CCCC2)c1)NCc1ccccc1OC(F)F. The fraction of sp³-hybridized carbons (Fsp3) is 0.364. The summed E-state index contributed by atoms with van der Waals surface area (Å²) in [6.45, 7) is -0.547. The second-order valence-electron chi connectivity index (χ2n) is 7.09. The molecule has 1 aliphatic rings. The molecule has 0 aliphatic carbocycles. The van der Waals surface area contributed by atoms with E-state index in [0.29, 0.717) is 18.1 Å². The van der Waals surface area contributed by atoms with Crippen molar-refractivity contribution in [2.45, 2.75) is 32.5 Å².